The molecule has 33 heavy (non-hydrogen) atoms. The number of morpholine rings is 1. The molecule has 4 rings (SSSR count). The van der Waals surface area contributed by atoms with Crippen LogP contribution < -0.4 is 14.2 Å². The molecular weight excluding hydrogens is 476 g/mol. The molecule has 0 aromatic heterocycles. The summed E-state index contributed by atoms with van der Waals surface area (Å²) < 4.78 is 71.0. The quantitative estimate of drug-likeness (QED) is 0.602. The molecule has 0 amide bonds. The van der Waals surface area contributed by atoms with Crippen LogP contribution in [0.2, 0.25) is 0 Å². The fourth-order valence-corrected chi connectivity index (χ4v) is 5.88. The SMILES string of the molecule is O=C(O)c1cc2c(cc1NS(=O)(=O)c1ccc(S(=O)(=O)N3CCOCC3)cc1)OCCCO2. The third-order valence-electron chi connectivity index (χ3n) is 5.10. The average molecular weight is 499 g/mol. The number of anilines is 1. The Morgan fingerprint density at radius 2 is 1.45 bits per heavy atom. The molecule has 0 spiro atoms. The van der Waals surface area contributed by atoms with Crippen molar-refractivity contribution in [1.82, 2.24) is 4.31 Å². The Labute approximate surface area is 191 Å². The zero-order valence-electron chi connectivity index (χ0n) is 17.4. The topological polar surface area (TPSA) is 149 Å². The Bertz CT molecular complexity index is 1250. The summed E-state index contributed by atoms with van der Waals surface area (Å²) in [5, 5.41) is 9.54. The molecule has 2 aliphatic heterocycles. The highest BCUT2D eigenvalue weighted by atomic mass is 32.2. The molecule has 0 saturated carbocycles. The van der Waals surface area contributed by atoms with E-state index in [1.807, 2.05) is 0 Å². The Kier molecular flexibility index (Phi) is 6.47. The molecule has 2 N–H and O–H groups in total. The molecule has 0 aliphatic carbocycles. The second kappa shape index (κ2) is 9.17. The van der Waals surface area contributed by atoms with Gasteiger partial charge >= 0.3 is 5.97 Å². The lowest BCUT2D eigenvalue weighted by Crippen LogP contribution is -2.40. The third kappa shape index (κ3) is 4.90. The summed E-state index contributed by atoms with van der Waals surface area (Å²) in [5.41, 5.74) is -0.508. The smallest absolute Gasteiger partial charge is 0.337 e. The van der Waals surface area contributed by atoms with Crippen molar-refractivity contribution in [3.63, 3.8) is 0 Å². The number of carboxylic acid groups (broad SMARTS) is 1. The van der Waals surface area contributed by atoms with Crippen LogP contribution in [0.15, 0.2) is 46.2 Å². The number of aromatic carboxylic acids is 1. The van der Waals surface area contributed by atoms with Gasteiger partial charge in [-0.3, -0.25) is 4.72 Å². The monoisotopic (exact) mass is 498 g/mol. The van der Waals surface area contributed by atoms with Crippen molar-refractivity contribution < 1.29 is 40.9 Å². The zero-order valence-corrected chi connectivity index (χ0v) is 19.0. The van der Waals surface area contributed by atoms with Crippen molar-refractivity contribution in [2.75, 3.05) is 44.2 Å². The van der Waals surface area contributed by atoms with E-state index in [0.29, 0.717) is 19.6 Å². The number of benzene rings is 2. The summed E-state index contributed by atoms with van der Waals surface area (Å²) >= 11 is 0. The van der Waals surface area contributed by atoms with E-state index in [1.54, 1.807) is 0 Å². The zero-order chi connectivity index (χ0) is 23.6. The Morgan fingerprint density at radius 1 is 0.879 bits per heavy atom. The molecule has 2 aromatic carbocycles. The van der Waals surface area contributed by atoms with Crippen molar-refractivity contribution in [2.45, 2.75) is 16.2 Å². The van der Waals surface area contributed by atoms with E-state index in [-0.39, 0.29) is 58.8 Å². The molecule has 178 valence electrons. The second-order valence-electron chi connectivity index (χ2n) is 7.29. The molecule has 0 bridgehead atoms. The summed E-state index contributed by atoms with van der Waals surface area (Å²) in [6.07, 6.45) is 0.595. The van der Waals surface area contributed by atoms with Gasteiger partial charge in [-0.1, -0.05) is 0 Å². The standard InChI is InChI=1S/C20H22N2O9S2/c23-20(24)16-12-18-19(31-9-1-8-30-18)13-17(16)21-32(25,26)14-2-4-15(5-3-14)33(27,28)22-6-10-29-11-7-22/h2-5,12-13,21H,1,6-11H2,(H,23,24). The maximum Gasteiger partial charge on any atom is 0.337 e. The van der Waals surface area contributed by atoms with Gasteiger partial charge in [-0.15, -0.1) is 0 Å². The first-order valence-electron chi connectivity index (χ1n) is 10.1. The van der Waals surface area contributed by atoms with Gasteiger partial charge < -0.3 is 19.3 Å². The Morgan fingerprint density at radius 3 is 2.06 bits per heavy atom. The summed E-state index contributed by atoms with van der Waals surface area (Å²) in [6, 6.07) is 7.17. The Hall–Kier alpha value is -2.87. The van der Waals surface area contributed by atoms with Gasteiger partial charge in [-0.05, 0) is 24.3 Å². The predicted octanol–water partition coefficient (Wildman–Crippen LogP) is 1.37. The first-order chi connectivity index (χ1) is 15.7. The first kappa shape index (κ1) is 23.3. The third-order valence-corrected chi connectivity index (χ3v) is 8.40. The van der Waals surface area contributed by atoms with Crippen molar-refractivity contribution >= 4 is 31.7 Å². The summed E-state index contributed by atoms with van der Waals surface area (Å²) in [6.45, 7) is 1.69. The molecule has 0 radical (unpaired) electrons. The maximum absolute atomic E-state index is 12.9. The lowest BCUT2D eigenvalue weighted by Gasteiger charge is -2.26. The van der Waals surface area contributed by atoms with E-state index < -0.39 is 26.0 Å². The van der Waals surface area contributed by atoms with Gasteiger partial charge in [0.2, 0.25) is 10.0 Å². The van der Waals surface area contributed by atoms with Crippen molar-refractivity contribution in [3.8, 4) is 11.5 Å². The van der Waals surface area contributed by atoms with Gasteiger partial charge in [0, 0.05) is 31.6 Å². The van der Waals surface area contributed by atoms with Crippen LogP contribution in [-0.2, 0) is 24.8 Å². The van der Waals surface area contributed by atoms with Crippen LogP contribution in [0.3, 0.4) is 0 Å². The van der Waals surface area contributed by atoms with Crippen LogP contribution in [-0.4, -0.2) is 71.7 Å². The van der Waals surface area contributed by atoms with Crippen molar-refractivity contribution in [3.05, 3.63) is 42.0 Å². The van der Waals surface area contributed by atoms with Gasteiger partial charge in [0.05, 0.1) is 47.5 Å². The van der Waals surface area contributed by atoms with Crippen LogP contribution >= 0.6 is 0 Å². The van der Waals surface area contributed by atoms with E-state index in [0.717, 1.165) is 12.1 Å². The second-order valence-corrected chi connectivity index (χ2v) is 10.9. The number of rotatable bonds is 6. The lowest BCUT2D eigenvalue weighted by molar-refractivity contribution is 0.0697. The van der Waals surface area contributed by atoms with Crippen molar-refractivity contribution in [2.24, 2.45) is 0 Å². The maximum atomic E-state index is 12.9. The number of hydrogen-bond donors (Lipinski definition) is 2. The fourth-order valence-electron chi connectivity index (χ4n) is 3.40. The molecule has 0 atom stereocenters. The Balaban J connectivity index is 1.61. The van der Waals surface area contributed by atoms with Gasteiger partial charge in [0.25, 0.3) is 10.0 Å². The number of nitrogens with one attached hydrogen (secondary N) is 1. The molecule has 2 aromatic rings. The minimum absolute atomic E-state index is 0.0508. The average Bonchev–Trinajstić information content (AvgIpc) is 3.03. The predicted molar refractivity (Wildman–Crippen MR) is 116 cm³/mol. The normalized spacial score (nSPS) is 17.2. The van der Waals surface area contributed by atoms with E-state index in [2.05, 4.69) is 4.72 Å². The molecule has 1 saturated heterocycles. The number of fused-ring (bicyclic) bond motifs is 1. The van der Waals surface area contributed by atoms with Crippen LogP contribution in [0.1, 0.15) is 16.8 Å². The molecule has 2 heterocycles. The summed E-state index contributed by atoms with van der Waals surface area (Å²) in [4.78, 5) is 11.4. The fraction of sp³-hybridized carbons (Fsp3) is 0.350. The molecule has 11 nitrogen and oxygen atoms in total. The van der Waals surface area contributed by atoms with E-state index in [9.17, 15) is 26.7 Å². The van der Waals surface area contributed by atoms with Gasteiger partial charge in [-0.25, -0.2) is 21.6 Å². The lowest BCUT2D eigenvalue weighted by atomic mass is 10.1. The van der Waals surface area contributed by atoms with E-state index in [4.69, 9.17) is 14.2 Å². The van der Waals surface area contributed by atoms with Crippen LogP contribution in [0, 0.1) is 0 Å². The summed E-state index contributed by atoms with van der Waals surface area (Å²) in [7, 11) is -8.02. The van der Waals surface area contributed by atoms with Gasteiger partial charge in [0.1, 0.15) is 0 Å². The van der Waals surface area contributed by atoms with E-state index >= 15 is 0 Å². The van der Waals surface area contributed by atoms with Crippen molar-refractivity contribution in [1.29, 1.82) is 0 Å². The number of hydrogen-bond acceptors (Lipinski definition) is 8. The van der Waals surface area contributed by atoms with Crippen LogP contribution in [0.5, 0.6) is 11.5 Å². The summed E-state index contributed by atoms with van der Waals surface area (Å²) in [5.74, 6) is -0.914. The molecule has 0 unspecified atom stereocenters. The number of sulfonamides is 2. The number of ether oxygens (including phenoxy) is 3. The minimum Gasteiger partial charge on any atom is -0.490 e. The van der Waals surface area contributed by atoms with Gasteiger partial charge in [-0.2, -0.15) is 4.31 Å². The molecular formula is C20H22N2O9S2. The number of nitrogens with zero attached hydrogens (tertiary/aromatic N) is 1. The van der Waals surface area contributed by atoms with E-state index in [1.165, 1.54) is 28.6 Å². The highest BCUT2D eigenvalue weighted by Crippen LogP contribution is 2.36. The largest absolute Gasteiger partial charge is 0.490 e. The highest BCUT2D eigenvalue weighted by molar-refractivity contribution is 7.92. The van der Waals surface area contributed by atoms with Crippen LogP contribution in [0.25, 0.3) is 0 Å². The molecule has 2 aliphatic rings. The minimum atomic E-state index is -4.23. The highest BCUT2D eigenvalue weighted by Gasteiger charge is 2.27. The number of carbonyl (C=O) groups is 1. The first-order valence-corrected chi connectivity index (χ1v) is 13.0. The molecule has 1 fully saturated rings. The number of carboxylic acids is 1. The van der Waals surface area contributed by atoms with Gasteiger partial charge in [0.15, 0.2) is 11.5 Å². The molecule has 13 heteroatoms. The van der Waals surface area contributed by atoms with Crippen LogP contribution in [0.4, 0.5) is 5.69 Å².